The zero-order chi connectivity index (χ0) is 13.1. The molecule has 7 nitrogen and oxygen atoms in total. The highest BCUT2D eigenvalue weighted by molar-refractivity contribution is 7.09. The Hall–Kier alpha value is -2.19. The van der Waals surface area contributed by atoms with Crippen LogP contribution < -0.4 is 5.73 Å². The maximum Gasteiger partial charge on any atom is 0.277 e. The average Bonchev–Trinajstić information content (AvgIpc) is 3.08. The number of nitrogens with zero attached hydrogens (tertiary/aromatic N) is 5. The smallest absolute Gasteiger partial charge is 0.277 e. The Labute approximate surface area is 112 Å². The minimum Gasteiger partial charge on any atom is -0.332 e. The lowest BCUT2D eigenvalue weighted by molar-refractivity contribution is 0.431. The summed E-state index contributed by atoms with van der Waals surface area (Å²) in [6.45, 7) is 0.572. The summed E-state index contributed by atoms with van der Waals surface area (Å²) in [5.41, 5.74) is 6.77. The highest BCUT2D eigenvalue weighted by Gasteiger charge is 2.14. The summed E-state index contributed by atoms with van der Waals surface area (Å²) >= 11 is 1.53. The van der Waals surface area contributed by atoms with E-state index in [1.54, 1.807) is 12.3 Å². The fourth-order valence-electron chi connectivity index (χ4n) is 1.50. The van der Waals surface area contributed by atoms with Gasteiger partial charge >= 0.3 is 0 Å². The fourth-order valence-corrected chi connectivity index (χ4v) is 2.29. The van der Waals surface area contributed by atoms with Crippen molar-refractivity contribution in [2.45, 2.75) is 6.42 Å². The Morgan fingerprint density at radius 3 is 3.00 bits per heavy atom. The van der Waals surface area contributed by atoms with E-state index in [1.807, 2.05) is 5.38 Å². The molecule has 0 saturated heterocycles. The van der Waals surface area contributed by atoms with Gasteiger partial charge in [-0.1, -0.05) is 5.16 Å². The molecule has 96 valence electrons. The molecule has 3 rings (SSSR count). The van der Waals surface area contributed by atoms with Crippen molar-refractivity contribution < 1.29 is 4.52 Å². The first-order valence-electron chi connectivity index (χ1n) is 5.62. The van der Waals surface area contributed by atoms with Crippen LogP contribution in [0.25, 0.3) is 23.1 Å². The highest BCUT2D eigenvalue weighted by Crippen LogP contribution is 2.22. The van der Waals surface area contributed by atoms with E-state index in [0.29, 0.717) is 29.6 Å². The molecule has 8 heteroatoms. The molecule has 3 heterocycles. The lowest BCUT2D eigenvalue weighted by Crippen LogP contribution is -2.01. The molecule has 19 heavy (non-hydrogen) atoms. The van der Waals surface area contributed by atoms with Gasteiger partial charge in [0.1, 0.15) is 17.7 Å². The SMILES string of the molecule is NCCc1nc(-c2nc(-c3ccncn3)no2)cs1. The van der Waals surface area contributed by atoms with Gasteiger partial charge in [0.05, 0.1) is 5.01 Å². The van der Waals surface area contributed by atoms with E-state index in [0.717, 1.165) is 11.4 Å². The largest absolute Gasteiger partial charge is 0.332 e. The van der Waals surface area contributed by atoms with Crippen molar-refractivity contribution in [3.8, 4) is 23.1 Å². The molecule has 2 N–H and O–H groups in total. The van der Waals surface area contributed by atoms with E-state index >= 15 is 0 Å². The van der Waals surface area contributed by atoms with E-state index in [-0.39, 0.29) is 0 Å². The third-order valence-electron chi connectivity index (χ3n) is 2.37. The van der Waals surface area contributed by atoms with Crippen molar-refractivity contribution in [2.24, 2.45) is 5.73 Å². The predicted molar refractivity (Wildman–Crippen MR) is 69.2 cm³/mol. The molecule has 0 aliphatic carbocycles. The zero-order valence-electron chi connectivity index (χ0n) is 9.85. The number of nitrogens with two attached hydrogens (primary N) is 1. The zero-order valence-corrected chi connectivity index (χ0v) is 10.7. The minimum absolute atomic E-state index is 0.383. The van der Waals surface area contributed by atoms with Gasteiger partial charge in [-0.05, 0) is 12.6 Å². The molecule has 0 spiro atoms. The number of hydrogen-bond donors (Lipinski definition) is 1. The van der Waals surface area contributed by atoms with Gasteiger partial charge in [0.15, 0.2) is 0 Å². The van der Waals surface area contributed by atoms with Crippen LogP contribution in [-0.4, -0.2) is 31.6 Å². The quantitative estimate of drug-likeness (QED) is 0.761. The molecule has 0 aliphatic rings. The molecular formula is C11H10N6OS. The molecular weight excluding hydrogens is 264 g/mol. The van der Waals surface area contributed by atoms with Crippen LogP contribution in [0.4, 0.5) is 0 Å². The monoisotopic (exact) mass is 274 g/mol. The Bertz CT molecular complexity index is 665. The van der Waals surface area contributed by atoms with Gasteiger partial charge < -0.3 is 10.3 Å². The van der Waals surface area contributed by atoms with Crippen molar-refractivity contribution in [1.29, 1.82) is 0 Å². The van der Waals surface area contributed by atoms with E-state index in [4.69, 9.17) is 10.3 Å². The van der Waals surface area contributed by atoms with Gasteiger partial charge in [-0.3, -0.25) is 0 Å². The van der Waals surface area contributed by atoms with E-state index in [9.17, 15) is 0 Å². The van der Waals surface area contributed by atoms with Crippen molar-refractivity contribution in [3.63, 3.8) is 0 Å². The maximum atomic E-state index is 5.49. The normalized spacial score (nSPS) is 10.8. The van der Waals surface area contributed by atoms with Crippen LogP contribution in [0.3, 0.4) is 0 Å². The summed E-state index contributed by atoms with van der Waals surface area (Å²) in [5, 5.41) is 6.72. The van der Waals surface area contributed by atoms with Gasteiger partial charge in [0, 0.05) is 18.0 Å². The number of thiazole rings is 1. The molecule has 0 atom stereocenters. The maximum absolute atomic E-state index is 5.49. The molecule has 0 bridgehead atoms. The van der Waals surface area contributed by atoms with Crippen LogP contribution in [0, 0.1) is 0 Å². The van der Waals surface area contributed by atoms with Crippen LogP contribution in [0.5, 0.6) is 0 Å². The molecule has 3 aromatic heterocycles. The van der Waals surface area contributed by atoms with Gasteiger partial charge in [-0.25, -0.2) is 15.0 Å². The van der Waals surface area contributed by atoms with Gasteiger partial charge in [-0.15, -0.1) is 11.3 Å². The van der Waals surface area contributed by atoms with Gasteiger partial charge in [-0.2, -0.15) is 4.98 Å². The first-order valence-corrected chi connectivity index (χ1v) is 6.49. The Balaban J connectivity index is 1.88. The van der Waals surface area contributed by atoms with Crippen molar-refractivity contribution in [2.75, 3.05) is 6.54 Å². The standard InChI is InChI=1S/C11H10N6OS/c12-3-1-9-15-8(5-19-9)11-16-10(17-18-11)7-2-4-13-6-14-7/h2,4-6H,1,3,12H2. The van der Waals surface area contributed by atoms with Gasteiger partial charge in [0.2, 0.25) is 5.82 Å². The predicted octanol–water partition coefficient (Wildman–Crippen LogP) is 1.15. The third kappa shape index (κ3) is 2.49. The van der Waals surface area contributed by atoms with Crippen LogP contribution in [0.1, 0.15) is 5.01 Å². The van der Waals surface area contributed by atoms with E-state index in [1.165, 1.54) is 17.7 Å². The molecule has 3 aromatic rings. The van der Waals surface area contributed by atoms with E-state index < -0.39 is 0 Å². The summed E-state index contributed by atoms with van der Waals surface area (Å²) < 4.78 is 5.19. The summed E-state index contributed by atoms with van der Waals surface area (Å²) in [4.78, 5) is 16.6. The molecule has 0 radical (unpaired) electrons. The van der Waals surface area contributed by atoms with Crippen molar-refractivity contribution in [3.05, 3.63) is 29.0 Å². The Morgan fingerprint density at radius 1 is 1.26 bits per heavy atom. The second-order valence-corrected chi connectivity index (χ2v) is 4.63. The lowest BCUT2D eigenvalue weighted by atomic mass is 10.4. The number of aromatic nitrogens is 5. The average molecular weight is 274 g/mol. The Kier molecular flexibility index (Phi) is 3.25. The molecule has 0 unspecified atom stereocenters. The molecule has 0 aliphatic heterocycles. The molecule has 0 fully saturated rings. The minimum atomic E-state index is 0.383. The molecule has 0 saturated carbocycles. The fraction of sp³-hybridized carbons (Fsp3) is 0.182. The summed E-state index contributed by atoms with van der Waals surface area (Å²) in [6, 6.07) is 1.72. The highest BCUT2D eigenvalue weighted by atomic mass is 32.1. The second-order valence-electron chi connectivity index (χ2n) is 3.68. The first-order chi connectivity index (χ1) is 9.36. The summed E-state index contributed by atoms with van der Waals surface area (Å²) in [7, 11) is 0. The van der Waals surface area contributed by atoms with Crippen LogP contribution in [-0.2, 0) is 6.42 Å². The molecule has 0 aromatic carbocycles. The van der Waals surface area contributed by atoms with Crippen LogP contribution >= 0.6 is 11.3 Å². The van der Waals surface area contributed by atoms with Crippen molar-refractivity contribution in [1.82, 2.24) is 25.1 Å². The van der Waals surface area contributed by atoms with Crippen LogP contribution in [0.15, 0.2) is 28.5 Å². The molecule has 0 amide bonds. The number of rotatable bonds is 4. The first kappa shape index (κ1) is 11.9. The van der Waals surface area contributed by atoms with Crippen LogP contribution in [0.2, 0.25) is 0 Å². The third-order valence-corrected chi connectivity index (χ3v) is 3.27. The Morgan fingerprint density at radius 2 is 2.21 bits per heavy atom. The van der Waals surface area contributed by atoms with Crippen molar-refractivity contribution >= 4 is 11.3 Å². The second kappa shape index (κ2) is 5.21. The number of hydrogen-bond acceptors (Lipinski definition) is 8. The summed E-state index contributed by atoms with van der Waals surface area (Å²) in [5.74, 6) is 0.805. The van der Waals surface area contributed by atoms with Gasteiger partial charge in [0.25, 0.3) is 5.89 Å². The summed E-state index contributed by atoms with van der Waals surface area (Å²) in [6.07, 6.45) is 3.81. The topological polar surface area (TPSA) is 104 Å². The lowest BCUT2D eigenvalue weighted by Gasteiger charge is -1.89. The van der Waals surface area contributed by atoms with E-state index in [2.05, 4.69) is 25.1 Å².